The molecular formula is C12H12F4N2O. The summed E-state index contributed by atoms with van der Waals surface area (Å²) in [5.41, 5.74) is -1.94. The standard InChI is InChI=1S/C12H12F4N2O/c13-10-8(2-1-3-9(10)12(14,15)16)11(19)18-6-4-17-5-7-18/h1-3,17H,4-7H2. The zero-order valence-electron chi connectivity index (χ0n) is 9.93. The van der Waals surface area contributed by atoms with Gasteiger partial charge < -0.3 is 10.2 Å². The first-order chi connectivity index (χ1) is 8.91. The number of halogens is 4. The quantitative estimate of drug-likeness (QED) is 0.794. The summed E-state index contributed by atoms with van der Waals surface area (Å²) < 4.78 is 51.5. The summed E-state index contributed by atoms with van der Waals surface area (Å²) in [5.74, 6) is -2.20. The molecule has 0 bridgehead atoms. The topological polar surface area (TPSA) is 32.3 Å². The Morgan fingerprint density at radius 1 is 1.21 bits per heavy atom. The number of nitrogens with zero attached hydrogens (tertiary/aromatic N) is 1. The minimum Gasteiger partial charge on any atom is -0.336 e. The van der Waals surface area contributed by atoms with Crippen molar-refractivity contribution in [1.29, 1.82) is 0 Å². The molecule has 0 atom stereocenters. The number of benzene rings is 1. The first-order valence-electron chi connectivity index (χ1n) is 5.77. The van der Waals surface area contributed by atoms with Crippen LogP contribution in [-0.2, 0) is 6.18 Å². The van der Waals surface area contributed by atoms with Crippen LogP contribution in [0.2, 0.25) is 0 Å². The van der Waals surface area contributed by atoms with Gasteiger partial charge in [-0.1, -0.05) is 6.07 Å². The van der Waals surface area contributed by atoms with Gasteiger partial charge in [-0.2, -0.15) is 13.2 Å². The molecule has 1 aliphatic heterocycles. The molecule has 0 unspecified atom stereocenters. The van der Waals surface area contributed by atoms with Gasteiger partial charge in [0.15, 0.2) is 0 Å². The van der Waals surface area contributed by atoms with Crippen LogP contribution in [0.4, 0.5) is 17.6 Å². The van der Waals surface area contributed by atoms with Crippen molar-refractivity contribution in [3.05, 3.63) is 35.1 Å². The average Bonchev–Trinajstić information content (AvgIpc) is 2.38. The molecular weight excluding hydrogens is 264 g/mol. The summed E-state index contributed by atoms with van der Waals surface area (Å²) in [6.45, 7) is 1.81. The summed E-state index contributed by atoms with van der Waals surface area (Å²) in [4.78, 5) is 13.3. The van der Waals surface area contributed by atoms with Gasteiger partial charge in [0.2, 0.25) is 0 Å². The van der Waals surface area contributed by atoms with Gasteiger partial charge in [-0.25, -0.2) is 4.39 Å². The molecule has 2 rings (SSSR count). The summed E-state index contributed by atoms with van der Waals surface area (Å²) in [7, 11) is 0. The van der Waals surface area contributed by atoms with Gasteiger partial charge in [0.1, 0.15) is 5.82 Å². The second-order valence-corrected chi connectivity index (χ2v) is 4.21. The van der Waals surface area contributed by atoms with Gasteiger partial charge in [-0.05, 0) is 12.1 Å². The molecule has 1 amide bonds. The maximum absolute atomic E-state index is 13.8. The molecule has 7 heteroatoms. The molecule has 1 heterocycles. The Labute approximate surface area is 107 Å². The van der Waals surface area contributed by atoms with Crippen molar-refractivity contribution in [2.75, 3.05) is 26.2 Å². The van der Waals surface area contributed by atoms with E-state index in [9.17, 15) is 22.4 Å². The normalized spacial score (nSPS) is 16.5. The van der Waals surface area contributed by atoms with Crippen molar-refractivity contribution >= 4 is 5.91 Å². The van der Waals surface area contributed by atoms with Crippen LogP contribution in [0, 0.1) is 5.82 Å². The SMILES string of the molecule is O=C(c1cccc(C(F)(F)F)c1F)N1CCNCC1. The van der Waals surface area contributed by atoms with Crippen LogP contribution in [0.5, 0.6) is 0 Å². The van der Waals surface area contributed by atoms with Crippen LogP contribution in [0.3, 0.4) is 0 Å². The second-order valence-electron chi connectivity index (χ2n) is 4.21. The molecule has 3 nitrogen and oxygen atoms in total. The maximum atomic E-state index is 13.8. The van der Waals surface area contributed by atoms with Gasteiger partial charge in [-0.3, -0.25) is 4.79 Å². The van der Waals surface area contributed by atoms with Crippen molar-refractivity contribution in [2.24, 2.45) is 0 Å². The van der Waals surface area contributed by atoms with E-state index < -0.39 is 29.0 Å². The Morgan fingerprint density at radius 2 is 1.84 bits per heavy atom. The fraction of sp³-hybridized carbons (Fsp3) is 0.417. The van der Waals surface area contributed by atoms with E-state index in [0.29, 0.717) is 32.2 Å². The largest absolute Gasteiger partial charge is 0.419 e. The van der Waals surface area contributed by atoms with Crippen LogP contribution < -0.4 is 5.32 Å². The van der Waals surface area contributed by atoms with Gasteiger partial charge in [0.05, 0.1) is 11.1 Å². The summed E-state index contributed by atoms with van der Waals surface area (Å²) in [6.07, 6.45) is -4.80. The molecule has 0 aromatic heterocycles. The molecule has 1 aromatic carbocycles. The number of carbonyl (C=O) groups is 1. The Bertz CT molecular complexity index is 481. The number of amides is 1. The van der Waals surface area contributed by atoms with Crippen LogP contribution in [0.15, 0.2) is 18.2 Å². The molecule has 1 aliphatic rings. The van der Waals surface area contributed by atoms with E-state index >= 15 is 0 Å². The first kappa shape index (κ1) is 13.8. The van der Waals surface area contributed by atoms with Crippen LogP contribution in [0.1, 0.15) is 15.9 Å². The Balaban J connectivity index is 2.32. The minimum absolute atomic E-state index is 0.356. The van der Waals surface area contributed by atoms with E-state index in [4.69, 9.17) is 0 Å². The molecule has 0 radical (unpaired) electrons. The second kappa shape index (κ2) is 5.16. The third-order valence-corrected chi connectivity index (χ3v) is 2.94. The third-order valence-electron chi connectivity index (χ3n) is 2.94. The summed E-state index contributed by atoms with van der Waals surface area (Å²) in [5, 5.41) is 3.00. The zero-order chi connectivity index (χ0) is 14.0. The monoisotopic (exact) mass is 276 g/mol. The van der Waals surface area contributed by atoms with Crippen LogP contribution >= 0.6 is 0 Å². The lowest BCUT2D eigenvalue weighted by Gasteiger charge is -2.27. The van der Waals surface area contributed by atoms with Crippen LogP contribution in [-0.4, -0.2) is 37.0 Å². The van der Waals surface area contributed by atoms with E-state index in [0.717, 1.165) is 12.1 Å². The van der Waals surface area contributed by atoms with Crippen molar-refractivity contribution < 1.29 is 22.4 Å². The average molecular weight is 276 g/mol. The number of hydrogen-bond donors (Lipinski definition) is 1. The Kier molecular flexibility index (Phi) is 3.75. The zero-order valence-corrected chi connectivity index (χ0v) is 9.93. The number of alkyl halides is 3. The first-order valence-corrected chi connectivity index (χ1v) is 5.77. The van der Waals surface area contributed by atoms with Crippen LogP contribution in [0.25, 0.3) is 0 Å². The van der Waals surface area contributed by atoms with E-state index in [1.807, 2.05) is 0 Å². The predicted molar refractivity (Wildman–Crippen MR) is 60.2 cm³/mol. The lowest BCUT2D eigenvalue weighted by Crippen LogP contribution is -2.46. The van der Waals surface area contributed by atoms with Crippen molar-refractivity contribution in [2.45, 2.75) is 6.18 Å². The van der Waals surface area contributed by atoms with Crippen molar-refractivity contribution in [1.82, 2.24) is 10.2 Å². The minimum atomic E-state index is -4.80. The highest BCUT2D eigenvalue weighted by atomic mass is 19.4. The molecule has 19 heavy (non-hydrogen) atoms. The van der Waals surface area contributed by atoms with E-state index in [2.05, 4.69) is 5.32 Å². The molecule has 1 aromatic rings. The molecule has 104 valence electrons. The smallest absolute Gasteiger partial charge is 0.336 e. The Hall–Kier alpha value is -1.63. The highest BCUT2D eigenvalue weighted by molar-refractivity contribution is 5.94. The number of rotatable bonds is 1. The molecule has 0 saturated carbocycles. The number of hydrogen-bond acceptors (Lipinski definition) is 2. The fourth-order valence-electron chi connectivity index (χ4n) is 1.95. The van der Waals surface area contributed by atoms with Gasteiger partial charge in [-0.15, -0.1) is 0 Å². The van der Waals surface area contributed by atoms with E-state index in [1.54, 1.807) is 0 Å². The maximum Gasteiger partial charge on any atom is 0.419 e. The highest BCUT2D eigenvalue weighted by Gasteiger charge is 2.36. The van der Waals surface area contributed by atoms with E-state index in [-0.39, 0.29) is 0 Å². The number of piperazine rings is 1. The number of nitrogens with one attached hydrogen (secondary N) is 1. The van der Waals surface area contributed by atoms with Gasteiger partial charge >= 0.3 is 6.18 Å². The van der Waals surface area contributed by atoms with Crippen molar-refractivity contribution in [3.63, 3.8) is 0 Å². The molecule has 0 aliphatic carbocycles. The highest BCUT2D eigenvalue weighted by Crippen LogP contribution is 2.32. The Morgan fingerprint density at radius 3 is 2.42 bits per heavy atom. The molecule has 0 spiro atoms. The van der Waals surface area contributed by atoms with E-state index in [1.165, 1.54) is 4.90 Å². The lowest BCUT2D eigenvalue weighted by atomic mass is 10.1. The third kappa shape index (κ3) is 2.86. The summed E-state index contributed by atoms with van der Waals surface area (Å²) in [6, 6.07) is 2.75. The van der Waals surface area contributed by atoms with Gasteiger partial charge in [0, 0.05) is 26.2 Å². The van der Waals surface area contributed by atoms with Gasteiger partial charge in [0.25, 0.3) is 5.91 Å². The molecule has 1 fully saturated rings. The number of carbonyl (C=O) groups excluding carboxylic acids is 1. The lowest BCUT2D eigenvalue weighted by molar-refractivity contribution is -0.140. The fourth-order valence-corrected chi connectivity index (χ4v) is 1.95. The molecule has 1 saturated heterocycles. The predicted octanol–water partition coefficient (Wildman–Crippen LogP) is 1.89. The van der Waals surface area contributed by atoms with Crippen molar-refractivity contribution in [3.8, 4) is 0 Å². The molecule has 1 N–H and O–H groups in total. The summed E-state index contributed by atoms with van der Waals surface area (Å²) >= 11 is 0.